The maximum absolute atomic E-state index is 12.3. The summed E-state index contributed by atoms with van der Waals surface area (Å²) in [5, 5.41) is 0. The minimum atomic E-state index is 0.224. The van der Waals surface area contributed by atoms with Gasteiger partial charge in [-0.3, -0.25) is 4.79 Å². The lowest BCUT2D eigenvalue weighted by atomic mass is 9.89. The molecule has 0 spiro atoms. The molecule has 2 rings (SSSR count). The van der Waals surface area contributed by atoms with Crippen LogP contribution in [0.25, 0.3) is 0 Å². The van der Waals surface area contributed by atoms with Crippen molar-refractivity contribution < 1.29 is 4.79 Å². The van der Waals surface area contributed by atoms with Crippen molar-refractivity contribution in [1.82, 2.24) is 19.4 Å². The standard InChI is InChI=1S/C16H28N4O/c1-5-14-17-8-11-20(14)9-6-15(21)19(4)13-16(2)7-10-18(3)12-16/h8,11H,5-7,9-10,12-13H2,1-4H3. The Morgan fingerprint density at radius 2 is 2.29 bits per heavy atom. The van der Waals surface area contributed by atoms with Crippen molar-refractivity contribution in [2.24, 2.45) is 5.41 Å². The van der Waals surface area contributed by atoms with Gasteiger partial charge in [-0.05, 0) is 25.4 Å². The third kappa shape index (κ3) is 4.06. The Morgan fingerprint density at radius 3 is 2.90 bits per heavy atom. The number of amides is 1. The Bertz CT molecular complexity index is 484. The Kier molecular flexibility index (Phi) is 5.04. The van der Waals surface area contributed by atoms with E-state index in [1.807, 2.05) is 24.3 Å². The summed E-state index contributed by atoms with van der Waals surface area (Å²) in [6.07, 6.45) is 6.39. The lowest BCUT2D eigenvalue weighted by molar-refractivity contribution is -0.131. The van der Waals surface area contributed by atoms with Gasteiger partial charge >= 0.3 is 0 Å². The summed E-state index contributed by atoms with van der Waals surface area (Å²) in [5.41, 5.74) is 0.239. The average molecular weight is 292 g/mol. The van der Waals surface area contributed by atoms with Gasteiger partial charge in [0, 0.05) is 51.9 Å². The number of rotatable bonds is 6. The fourth-order valence-electron chi connectivity index (χ4n) is 3.33. The molecule has 0 bridgehead atoms. The molecule has 1 fully saturated rings. The van der Waals surface area contributed by atoms with Gasteiger partial charge < -0.3 is 14.4 Å². The van der Waals surface area contributed by atoms with Crippen molar-refractivity contribution >= 4 is 5.91 Å². The highest BCUT2D eigenvalue weighted by molar-refractivity contribution is 5.75. The number of aromatic nitrogens is 2. The summed E-state index contributed by atoms with van der Waals surface area (Å²) in [5.74, 6) is 1.27. The van der Waals surface area contributed by atoms with E-state index in [0.717, 1.165) is 38.4 Å². The molecule has 0 aliphatic carbocycles. The molecule has 2 heterocycles. The predicted octanol–water partition coefficient (Wildman–Crippen LogP) is 1.64. The van der Waals surface area contributed by atoms with Crippen LogP contribution in [0.5, 0.6) is 0 Å². The van der Waals surface area contributed by atoms with E-state index in [2.05, 4.69) is 35.3 Å². The van der Waals surface area contributed by atoms with Gasteiger partial charge in [0.1, 0.15) is 5.82 Å². The molecule has 1 atom stereocenters. The zero-order chi connectivity index (χ0) is 15.5. The summed E-state index contributed by atoms with van der Waals surface area (Å²) < 4.78 is 2.08. The first kappa shape index (κ1) is 16.0. The van der Waals surface area contributed by atoms with Gasteiger partial charge in [0.25, 0.3) is 0 Å². The predicted molar refractivity (Wildman–Crippen MR) is 84.1 cm³/mol. The Labute approximate surface area is 127 Å². The van der Waals surface area contributed by atoms with Gasteiger partial charge in [-0.15, -0.1) is 0 Å². The van der Waals surface area contributed by atoms with Crippen molar-refractivity contribution in [3.63, 3.8) is 0 Å². The SMILES string of the molecule is CCc1nccn1CCC(=O)N(C)CC1(C)CCN(C)C1. The molecule has 5 nitrogen and oxygen atoms in total. The van der Waals surface area contributed by atoms with Crippen LogP contribution in [-0.4, -0.2) is 59.0 Å². The van der Waals surface area contributed by atoms with Gasteiger partial charge in [-0.1, -0.05) is 13.8 Å². The molecule has 0 N–H and O–H groups in total. The van der Waals surface area contributed by atoms with Crippen LogP contribution in [0.1, 0.15) is 32.5 Å². The summed E-state index contributed by atoms with van der Waals surface area (Å²) in [6, 6.07) is 0. The molecule has 1 saturated heterocycles. The normalized spacial score (nSPS) is 22.7. The fraction of sp³-hybridized carbons (Fsp3) is 0.750. The first-order chi connectivity index (χ1) is 9.93. The maximum Gasteiger partial charge on any atom is 0.224 e. The Hall–Kier alpha value is -1.36. The minimum absolute atomic E-state index is 0.224. The van der Waals surface area contributed by atoms with Crippen molar-refractivity contribution in [2.45, 2.75) is 39.7 Å². The van der Waals surface area contributed by atoms with Crippen LogP contribution in [0.15, 0.2) is 12.4 Å². The van der Waals surface area contributed by atoms with E-state index >= 15 is 0 Å². The molecule has 1 aliphatic heterocycles. The largest absolute Gasteiger partial charge is 0.345 e. The number of nitrogens with zero attached hydrogens (tertiary/aromatic N) is 4. The number of imidazole rings is 1. The lowest BCUT2D eigenvalue weighted by Gasteiger charge is -2.30. The molecule has 0 saturated carbocycles. The zero-order valence-electron chi connectivity index (χ0n) is 13.8. The molecule has 1 aromatic rings. The highest BCUT2D eigenvalue weighted by atomic mass is 16.2. The van der Waals surface area contributed by atoms with Crippen LogP contribution >= 0.6 is 0 Å². The van der Waals surface area contributed by atoms with E-state index < -0.39 is 0 Å². The monoisotopic (exact) mass is 292 g/mol. The summed E-state index contributed by atoms with van der Waals surface area (Å²) >= 11 is 0. The zero-order valence-corrected chi connectivity index (χ0v) is 13.8. The van der Waals surface area contributed by atoms with Crippen molar-refractivity contribution in [1.29, 1.82) is 0 Å². The van der Waals surface area contributed by atoms with Crippen molar-refractivity contribution in [3.05, 3.63) is 18.2 Å². The van der Waals surface area contributed by atoms with E-state index in [4.69, 9.17) is 0 Å². The molecule has 1 aliphatic rings. The second-order valence-electron chi connectivity index (χ2n) is 6.69. The highest BCUT2D eigenvalue weighted by Gasteiger charge is 2.33. The number of hydrogen-bond donors (Lipinski definition) is 0. The molecule has 5 heteroatoms. The highest BCUT2D eigenvalue weighted by Crippen LogP contribution is 2.29. The maximum atomic E-state index is 12.3. The second kappa shape index (κ2) is 6.60. The topological polar surface area (TPSA) is 41.4 Å². The number of carbonyl (C=O) groups excluding carboxylic acids is 1. The summed E-state index contributed by atoms with van der Waals surface area (Å²) in [6.45, 7) is 8.15. The van der Waals surface area contributed by atoms with E-state index in [-0.39, 0.29) is 11.3 Å². The molecule has 118 valence electrons. The van der Waals surface area contributed by atoms with Gasteiger partial charge in [0.15, 0.2) is 0 Å². The molecule has 0 aromatic carbocycles. The molecular formula is C16H28N4O. The number of hydrogen-bond acceptors (Lipinski definition) is 3. The summed E-state index contributed by atoms with van der Waals surface area (Å²) in [7, 11) is 4.08. The third-order valence-corrected chi connectivity index (χ3v) is 4.48. The molecule has 1 amide bonds. The van der Waals surface area contributed by atoms with Crippen LogP contribution in [0.4, 0.5) is 0 Å². The van der Waals surface area contributed by atoms with Crippen LogP contribution in [0.2, 0.25) is 0 Å². The first-order valence-corrected chi connectivity index (χ1v) is 7.86. The van der Waals surface area contributed by atoms with Crippen LogP contribution in [0, 0.1) is 5.41 Å². The van der Waals surface area contributed by atoms with Crippen LogP contribution in [-0.2, 0) is 17.8 Å². The van der Waals surface area contributed by atoms with Crippen molar-refractivity contribution in [2.75, 3.05) is 33.7 Å². The molecule has 0 radical (unpaired) electrons. The van der Waals surface area contributed by atoms with Gasteiger partial charge in [-0.2, -0.15) is 0 Å². The van der Waals surface area contributed by atoms with Crippen molar-refractivity contribution in [3.8, 4) is 0 Å². The van der Waals surface area contributed by atoms with E-state index in [1.165, 1.54) is 6.42 Å². The van der Waals surface area contributed by atoms with E-state index in [1.54, 1.807) is 0 Å². The first-order valence-electron chi connectivity index (χ1n) is 7.86. The van der Waals surface area contributed by atoms with Crippen LogP contribution in [0.3, 0.4) is 0 Å². The third-order valence-electron chi connectivity index (χ3n) is 4.48. The lowest BCUT2D eigenvalue weighted by Crippen LogP contribution is -2.39. The molecular weight excluding hydrogens is 264 g/mol. The summed E-state index contributed by atoms with van der Waals surface area (Å²) in [4.78, 5) is 20.9. The smallest absolute Gasteiger partial charge is 0.224 e. The van der Waals surface area contributed by atoms with Gasteiger partial charge in [-0.25, -0.2) is 4.98 Å². The number of aryl methyl sites for hydroxylation is 2. The molecule has 1 aromatic heterocycles. The fourth-order valence-corrected chi connectivity index (χ4v) is 3.33. The average Bonchev–Trinajstić information content (AvgIpc) is 3.02. The van der Waals surface area contributed by atoms with E-state index in [9.17, 15) is 4.79 Å². The quantitative estimate of drug-likeness (QED) is 0.800. The second-order valence-corrected chi connectivity index (χ2v) is 6.69. The number of likely N-dealkylation sites (tertiary alicyclic amines) is 1. The van der Waals surface area contributed by atoms with E-state index in [0.29, 0.717) is 6.42 Å². The van der Waals surface area contributed by atoms with Gasteiger partial charge in [0.2, 0.25) is 5.91 Å². The Morgan fingerprint density at radius 1 is 1.52 bits per heavy atom. The minimum Gasteiger partial charge on any atom is -0.345 e. The number of carbonyl (C=O) groups is 1. The molecule has 1 unspecified atom stereocenters. The van der Waals surface area contributed by atoms with Gasteiger partial charge in [0.05, 0.1) is 0 Å². The molecule has 21 heavy (non-hydrogen) atoms. The Balaban J connectivity index is 1.83. The van der Waals surface area contributed by atoms with Crippen LogP contribution < -0.4 is 0 Å².